The Morgan fingerprint density at radius 3 is 2.11 bits per heavy atom. The summed E-state index contributed by atoms with van der Waals surface area (Å²) in [5.74, 6) is -1.26. The monoisotopic (exact) mass is 255 g/mol. The van der Waals surface area contributed by atoms with Crippen LogP contribution in [-0.2, 0) is 19.1 Å². The number of esters is 2. The highest BCUT2D eigenvalue weighted by atomic mass is 16.5. The molecule has 1 heterocycles. The summed E-state index contributed by atoms with van der Waals surface area (Å²) < 4.78 is 10.1. The van der Waals surface area contributed by atoms with E-state index in [1.165, 1.54) is 32.9 Å². The van der Waals surface area contributed by atoms with Crippen LogP contribution in [0.5, 0.6) is 0 Å². The summed E-state index contributed by atoms with van der Waals surface area (Å²) in [5, 5.41) is 0. The molecule has 8 heteroatoms. The second-order valence-electron chi connectivity index (χ2n) is 3.26. The zero-order chi connectivity index (χ0) is 13.5. The predicted molar refractivity (Wildman–Crippen MR) is 58.6 cm³/mol. The Labute approximate surface area is 103 Å². The molecule has 0 aliphatic carbocycles. The van der Waals surface area contributed by atoms with Crippen LogP contribution in [0.25, 0.3) is 0 Å². The van der Waals surface area contributed by atoms with E-state index in [9.17, 15) is 14.4 Å². The van der Waals surface area contributed by atoms with Gasteiger partial charge in [0.1, 0.15) is 19.4 Å². The fourth-order valence-electron chi connectivity index (χ4n) is 1.17. The minimum atomic E-state index is -0.632. The number of rotatable bonds is 4. The summed E-state index contributed by atoms with van der Waals surface area (Å²) in [4.78, 5) is 39.0. The Morgan fingerprint density at radius 2 is 1.72 bits per heavy atom. The molecule has 0 saturated heterocycles. The van der Waals surface area contributed by atoms with Crippen LogP contribution in [0.2, 0.25) is 0 Å². The first kappa shape index (κ1) is 13.7. The largest absolute Gasteiger partial charge is 0.468 e. The van der Waals surface area contributed by atoms with Crippen LogP contribution < -0.4 is 0 Å². The third kappa shape index (κ3) is 3.58. The molecule has 0 unspecified atom stereocenters. The zero-order valence-corrected chi connectivity index (χ0v) is 10.0. The first-order valence-electron chi connectivity index (χ1n) is 4.99. The number of carbonyl (C=O) groups is 3. The number of aromatic nitrogens is 2. The van der Waals surface area contributed by atoms with Crippen molar-refractivity contribution in [3.63, 3.8) is 0 Å². The van der Waals surface area contributed by atoms with E-state index in [2.05, 4.69) is 14.5 Å². The van der Waals surface area contributed by atoms with Crippen LogP contribution in [-0.4, -0.2) is 59.7 Å². The molecule has 0 fully saturated rings. The van der Waals surface area contributed by atoms with Gasteiger partial charge in [0.05, 0.1) is 14.2 Å². The summed E-state index contributed by atoms with van der Waals surface area (Å²) in [6.07, 6.45) is 4.08. The van der Waals surface area contributed by atoms with Crippen molar-refractivity contribution < 1.29 is 23.9 Å². The van der Waals surface area contributed by atoms with Gasteiger partial charge < -0.3 is 14.4 Å². The molecule has 0 N–H and O–H groups in total. The molecule has 0 radical (unpaired) electrons. The average Bonchev–Trinajstić information content (AvgIpc) is 2.90. The standard InChI is InChI=1S/C10H13N3O5/c1-17-8(14)5-13(6-9(15)18-2)10(16)12-4-3-11-7-12/h3-4,7H,5-6H2,1-2H3. The first-order chi connectivity index (χ1) is 8.58. The van der Waals surface area contributed by atoms with E-state index in [0.29, 0.717) is 0 Å². The van der Waals surface area contributed by atoms with Gasteiger partial charge in [-0.05, 0) is 0 Å². The second kappa shape index (κ2) is 6.38. The maximum Gasteiger partial charge on any atom is 0.330 e. The van der Waals surface area contributed by atoms with Crippen LogP contribution in [0.4, 0.5) is 4.79 Å². The molecule has 0 atom stereocenters. The van der Waals surface area contributed by atoms with E-state index in [1.54, 1.807) is 0 Å². The van der Waals surface area contributed by atoms with Crippen molar-refractivity contribution in [2.24, 2.45) is 0 Å². The van der Waals surface area contributed by atoms with Gasteiger partial charge >= 0.3 is 18.0 Å². The molecule has 0 aliphatic rings. The van der Waals surface area contributed by atoms with E-state index in [4.69, 9.17) is 0 Å². The Hall–Kier alpha value is -2.38. The van der Waals surface area contributed by atoms with Crippen molar-refractivity contribution in [1.82, 2.24) is 14.5 Å². The van der Waals surface area contributed by atoms with Gasteiger partial charge in [-0.2, -0.15) is 0 Å². The number of hydrogen-bond acceptors (Lipinski definition) is 6. The molecular weight excluding hydrogens is 242 g/mol. The van der Waals surface area contributed by atoms with Crippen LogP contribution in [0.1, 0.15) is 0 Å². The van der Waals surface area contributed by atoms with Crippen LogP contribution >= 0.6 is 0 Å². The lowest BCUT2D eigenvalue weighted by atomic mass is 10.5. The molecule has 18 heavy (non-hydrogen) atoms. The number of ether oxygens (including phenoxy) is 2. The van der Waals surface area contributed by atoms with Gasteiger partial charge in [0.2, 0.25) is 0 Å². The van der Waals surface area contributed by atoms with E-state index < -0.39 is 18.0 Å². The van der Waals surface area contributed by atoms with Crippen molar-refractivity contribution in [2.75, 3.05) is 27.3 Å². The minimum absolute atomic E-state index is 0.345. The Bertz CT molecular complexity index is 411. The number of amides is 1. The second-order valence-corrected chi connectivity index (χ2v) is 3.26. The lowest BCUT2D eigenvalue weighted by Crippen LogP contribution is -2.42. The van der Waals surface area contributed by atoms with Gasteiger partial charge in [-0.15, -0.1) is 0 Å². The highest BCUT2D eigenvalue weighted by Crippen LogP contribution is 1.98. The molecule has 0 spiro atoms. The minimum Gasteiger partial charge on any atom is -0.468 e. The van der Waals surface area contributed by atoms with Crippen molar-refractivity contribution in [3.05, 3.63) is 18.7 Å². The average molecular weight is 255 g/mol. The highest BCUT2D eigenvalue weighted by molar-refractivity contribution is 5.86. The molecule has 1 aromatic rings. The molecule has 0 aliphatic heterocycles. The Balaban J connectivity index is 2.79. The smallest absolute Gasteiger partial charge is 0.330 e. The van der Waals surface area contributed by atoms with Crippen LogP contribution in [0.3, 0.4) is 0 Å². The van der Waals surface area contributed by atoms with Crippen molar-refractivity contribution >= 4 is 18.0 Å². The summed E-state index contributed by atoms with van der Waals surface area (Å²) >= 11 is 0. The number of methoxy groups -OCH3 is 2. The summed E-state index contributed by atoms with van der Waals surface area (Å²) in [6.45, 7) is -0.689. The fraction of sp³-hybridized carbons (Fsp3) is 0.400. The van der Waals surface area contributed by atoms with E-state index in [0.717, 1.165) is 9.47 Å². The van der Waals surface area contributed by atoms with Crippen LogP contribution in [0, 0.1) is 0 Å². The lowest BCUT2D eigenvalue weighted by molar-refractivity contribution is -0.144. The molecule has 0 aromatic carbocycles. The quantitative estimate of drug-likeness (QED) is 0.673. The third-order valence-corrected chi connectivity index (χ3v) is 2.09. The van der Waals surface area contributed by atoms with Gasteiger partial charge in [-0.1, -0.05) is 0 Å². The SMILES string of the molecule is COC(=O)CN(CC(=O)OC)C(=O)n1ccnc1. The van der Waals surface area contributed by atoms with Crippen molar-refractivity contribution in [3.8, 4) is 0 Å². The van der Waals surface area contributed by atoms with Crippen LogP contribution in [0.15, 0.2) is 18.7 Å². The lowest BCUT2D eigenvalue weighted by Gasteiger charge is -2.19. The molecule has 0 saturated carbocycles. The molecule has 1 rings (SSSR count). The molecule has 0 bridgehead atoms. The zero-order valence-electron chi connectivity index (χ0n) is 10.0. The number of hydrogen-bond donors (Lipinski definition) is 0. The maximum atomic E-state index is 11.9. The van der Waals surface area contributed by atoms with E-state index >= 15 is 0 Å². The molecule has 1 amide bonds. The summed E-state index contributed by atoms with van der Waals surface area (Å²) in [6, 6.07) is -0.566. The summed E-state index contributed by atoms with van der Waals surface area (Å²) in [7, 11) is 2.39. The van der Waals surface area contributed by atoms with Gasteiger partial charge in [-0.25, -0.2) is 9.78 Å². The Kier molecular flexibility index (Phi) is 4.85. The maximum absolute atomic E-state index is 11.9. The van der Waals surface area contributed by atoms with E-state index in [1.807, 2.05) is 0 Å². The van der Waals surface area contributed by atoms with Gasteiger partial charge in [0.25, 0.3) is 0 Å². The normalized spacial score (nSPS) is 9.67. The van der Waals surface area contributed by atoms with Crippen molar-refractivity contribution in [1.29, 1.82) is 0 Å². The fourth-order valence-corrected chi connectivity index (χ4v) is 1.17. The number of nitrogens with zero attached hydrogens (tertiary/aromatic N) is 3. The molecular formula is C10H13N3O5. The van der Waals surface area contributed by atoms with Gasteiger partial charge in [-0.3, -0.25) is 14.2 Å². The highest BCUT2D eigenvalue weighted by Gasteiger charge is 2.22. The topological polar surface area (TPSA) is 90.7 Å². The van der Waals surface area contributed by atoms with Crippen molar-refractivity contribution in [2.45, 2.75) is 0 Å². The number of carbonyl (C=O) groups excluding carboxylic acids is 3. The number of imidazole rings is 1. The molecule has 1 aromatic heterocycles. The Morgan fingerprint density at radius 1 is 1.17 bits per heavy atom. The summed E-state index contributed by atoms with van der Waals surface area (Å²) in [5.41, 5.74) is 0. The third-order valence-electron chi connectivity index (χ3n) is 2.09. The first-order valence-corrected chi connectivity index (χ1v) is 4.99. The van der Waals surface area contributed by atoms with E-state index in [-0.39, 0.29) is 13.1 Å². The van der Waals surface area contributed by atoms with Gasteiger partial charge in [0.15, 0.2) is 0 Å². The molecule has 8 nitrogen and oxygen atoms in total. The van der Waals surface area contributed by atoms with Gasteiger partial charge in [0, 0.05) is 12.4 Å². The predicted octanol–water partition coefficient (Wildman–Crippen LogP) is -0.501. The molecule has 98 valence electrons.